The van der Waals surface area contributed by atoms with Crippen LogP contribution >= 0.6 is 0 Å². The highest BCUT2D eigenvalue weighted by molar-refractivity contribution is 6.22. The lowest BCUT2D eigenvalue weighted by atomic mass is 10.0. The Balaban J connectivity index is 2.20. The number of rotatable bonds is 4. The predicted molar refractivity (Wildman–Crippen MR) is 63.1 cm³/mol. The van der Waals surface area contributed by atoms with E-state index in [0.717, 1.165) is 36.2 Å². The van der Waals surface area contributed by atoms with Crippen molar-refractivity contribution in [2.24, 2.45) is 5.92 Å². The number of aryl methyl sites for hydroxylation is 1. The molecule has 15 heavy (non-hydrogen) atoms. The summed E-state index contributed by atoms with van der Waals surface area (Å²) in [5.41, 5.74) is 3.41. The van der Waals surface area contributed by atoms with Crippen LogP contribution in [0.1, 0.15) is 31.2 Å². The second-order valence-electron chi connectivity index (χ2n) is 4.03. The van der Waals surface area contributed by atoms with Crippen molar-refractivity contribution in [3.8, 4) is 0 Å². The smallest absolute Gasteiger partial charge is 0.0717 e. The van der Waals surface area contributed by atoms with Crippen LogP contribution in [-0.4, -0.2) is 10.7 Å². The number of hydrogen-bond acceptors (Lipinski definition) is 2. The fourth-order valence-electron chi connectivity index (χ4n) is 1.60. The van der Waals surface area contributed by atoms with Crippen LogP contribution in [0.15, 0.2) is 24.8 Å². The Morgan fingerprint density at radius 2 is 2.27 bits per heavy atom. The molecule has 1 fully saturated rings. The standard InChI is InChI=1S/C13H16N2/c1-3-11-5-4-6-12(15-11)9(2)13(14)10-7-8-10/h4-6,10,14H,2-3,7-8H2,1H3. The first-order valence-corrected chi connectivity index (χ1v) is 5.46. The third-order valence-corrected chi connectivity index (χ3v) is 2.79. The molecule has 78 valence electrons. The molecule has 1 aromatic rings. The third-order valence-electron chi connectivity index (χ3n) is 2.79. The summed E-state index contributed by atoms with van der Waals surface area (Å²) < 4.78 is 0. The molecule has 1 N–H and O–H groups in total. The Hall–Kier alpha value is -1.44. The van der Waals surface area contributed by atoms with E-state index in [1.807, 2.05) is 18.2 Å². The first-order chi connectivity index (χ1) is 7.22. The average molecular weight is 200 g/mol. The Morgan fingerprint density at radius 1 is 1.53 bits per heavy atom. The molecule has 1 saturated carbocycles. The SMILES string of the molecule is C=C(C(=N)C1CC1)c1cccc(CC)n1. The number of allylic oxidation sites excluding steroid dienone is 1. The predicted octanol–water partition coefficient (Wildman–Crippen LogP) is 3.09. The van der Waals surface area contributed by atoms with Gasteiger partial charge in [-0.05, 0) is 31.4 Å². The van der Waals surface area contributed by atoms with E-state index in [2.05, 4.69) is 18.5 Å². The van der Waals surface area contributed by atoms with Gasteiger partial charge in [-0.2, -0.15) is 0 Å². The van der Waals surface area contributed by atoms with Crippen LogP contribution in [-0.2, 0) is 6.42 Å². The molecule has 0 atom stereocenters. The summed E-state index contributed by atoms with van der Waals surface area (Å²) in [7, 11) is 0. The van der Waals surface area contributed by atoms with Gasteiger partial charge in [-0.15, -0.1) is 0 Å². The molecule has 0 radical (unpaired) electrons. The molecule has 1 aliphatic rings. The van der Waals surface area contributed by atoms with Crippen LogP contribution in [0.25, 0.3) is 5.57 Å². The molecule has 0 unspecified atom stereocenters. The minimum Gasteiger partial charge on any atom is -0.304 e. The fraction of sp³-hybridized carbons (Fsp3) is 0.385. The Bertz CT molecular complexity index is 403. The zero-order valence-electron chi connectivity index (χ0n) is 9.09. The minimum absolute atomic E-state index is 0.449. The van der Waals surface area contributed by atoms with Crippen molar-refractivity contribution in [1.29, 1.82) is 5.41 Å². The van der Waals surface area contributed by atoms with Crippen LogP contribution in [0.4, 0.5) is 0 Å². The molecular weight excluding hydrogens is 184 g/mol. The van der Waals surface area contributed by atoms with Gasteiger partial charge < -0.3 is 5.41 Å². The first kappa shape index (κ1) is 10.1. The molecule has 0 bridgehead atoms. The summed E-state index contributed by atoms with van der Waals surface area (Å²) in [6.07, 6.45) is 3.22. The molecule has 1 aromatic heterocycles. The van der Waals surface area contributed by atoms with E-state index >= 15 is 0 Å². The molecule has 0 aromatic carbocycles. The van der Waals surface area contributed by atoms with Crippen LogP contribution in [0.3, 0.4) is 0 Å². The molecule has 2 rings (SSSR count). The number of hydrogen-bond donors (Lipinski definition) is 1. The maximum atomic E-state index is 7.94. The maximum absolute atomic E-state index is 7.94. The maximum Gasteiger partial charge on any atom is 0.0717 e. The van der Waals surface area contributed by atoms with E-state index in [4.69, 9.17) is 5.41 Å². The molecule has 0 aliphatic heterocycles. The highest BCUT2D eigenvalue weighted by Crippen LogP contribution is 2.34. The third kappa shape index (κ3) is 2.14. The summed E-state index contributed by atoms with van der Waals surface area (Å²) in [4.78, 5) is 4.48. The summed E-state index contributed by atoms with van der Waals surface area (Å²) >= 11 is 0. The van der Waals surface area contributed by atoms with Crippen LogP contribution in [0.2, 0.25) is 0 Å². The van der Waals surface area contributed by atoms with E-state index in [0.29, 0.717) is 11.6 Å². The molecular formula is C13H16N2. The molecule has 1 aliphatic carbocycles. The largest absolute Gasteiger partial charge is 0.304 e. The lowest BCUT2D eigenvalue weighted by Gasteiger charge is -2.07. The molecule has 0 saturated heterocycles. The number of nitrogens with one attached hydrogen (secondary N) is 1. The van der Waals surface area contributed by atoms with Crippen molar-refractivity contribution < 1.29 is 0 Å². The highest BCUT2D eigenvalue weighted by Gasteiger charge is 2.28. The summed E-state index contributed by atoms with van der Waals surface area (Å²) in [6.45, 7) is 6.06. The van der Waals surface area contributed by atoms with Crippen molar-refractivity contribution in [2.45, 2.75) is 26.2 Å². The van der Waals surface area contributed by atoms with Gasteiger partial charge in [0.15, 0.2) is 0 Å². The molecule has 2 nitrogen and oxygen atoms in total. The quantitative estimate of drug-likeness (QED) is 0.745. The lowest BCUT2D eigenvalue weighted by molar-refractivity contribution is 1.02. The van der Waals surface area contributed by atoms with Gasteiger partial charge in [-0.1, -0.05) is 19.6 Å². The van der Waals surface area contributed by atoms with Crippen molar-refractivity contribution in [1.82, 2.24) is 4.98 Å². The highest BCUT2D eigenvalue weighted by atomic mass is 14.7. The van der Waals surface area contributed by atoms with E-state index < -0.39 is 0 Å². The lowest BCUT2D eigenvalue weighted by Crippen LogP contribution is -2.04. The van der Waals surface area contributed by atoms with Crippen LogP contribution < -0.4 is 0 Å². The Kier molecular flexibility index (Phi) is 2.67. The van der Waals surface area contributed by atoms with E-state index in [1.54, 1.807) is 0 Å². The van der Waals surface area contributed by atoms with Gasteiger partial charge in [-0.3, -0.25) is 4.98 Å². The first-order valence-electron chi connectivity index (χ1n) is 5.46. The monoisotopic (exact) mass is 200 g/mol. The molecule has 0 spiro atoms. The number of nitrogens with zero attached hydrogens (tertiary/aromatic N) is 1. The second-order valence-corrected chi connectivity index (χ2v) is 4.03. The van der Waals surface area contributed by atoms with E-state index in [1.165, 1.54) is 0 Å². The molecule has 0 amide bonds. The molecule has 2 heteroatoms. The van der Waals surface area contributed by atoms with Crippen LogP contribution in [0.5, 0.6) is 0 Å². The van der Waals surface area contributed by atoms with Crippen molar-refractivity contribution in [2.75, 3.05) is 0 Å². The summed E-state index contributed by atoms with van der Waals surface area (Å²) in [6, 6.07) is 5.95. The van der Waals surface area contributed by atoms with E-state index in [-0.39, 0.29) is 0 Å². The zero-order chi connectivity index (χ0) is 10.8. The summed E-state index contributed by atoms with van der Waals surface area (Å²) in [5, 5.41) is 7.94. The van der Waals surface area contributed by atoms with Gasteiger partial charge in [0.05, 0.1) is 5.69 Å². The van der Waals surface area contributed by atoms with Gasteiger partial charge in [0.2, 0.25) is 0 Å². The van der Waals surface area contributed by atoms with Crippen LogP contribution in [0, 0.1) is 11.3 Å². The van der Waals surface area contributed by atoms with Crippen molar-refractivity contribution in [3.05, 3.63) is 36.2 Å². The zero-order valence-corrected chi connectivity index (χ0v) is 9.09. The van der Waals surface area contributed by atoms with Gasteiger partial charge >= 0.3 is 0 Å². The van der Waals surface area contributed by atoms with Gasteiger partial charge in [0.25, 0.3) is 0 Å². The minimum atomic E-state index is 0.449. The second kappa shape index (κ2) is 3.97. The van der Waals surface area contributed by atoms with Crippen molar-refractivity contribution in [3.63, 3.8) is 0 Å². The molecule has 1 heterocycles. The fourth-order valence-corrected chi connectivity index (χ4v) is 1.60. The number of aromatic nitrogens is 1. The van der Waals surface area contributed by atoms with E-state index in [9.17, 15) is 0 Å². The van der Waals surface area contributed by atoms with Gasteiger partial charge in [0.1, 0.15) is 0 Å². The summed E-state index contributed by atoms with van der Waals surface area (Å²) in [5.74, 6) is 0.449. The topological polar surface area (TPSA) is 36.7 Å². The normalized spacial score (nSPS) is 15.0. The Morgan fingerprint density at radius 3 is 2.87 bits per heavy atom. The average Bonchev–Trinajstić information content (AvgIpc) is 3.11. The Labute approximate surface area is 90.6 Å². The number of pyridine rings is 1. The van der Waals surface area contributed by atoms with Crippen molar-refractivity contribution >= 4 is 11.3 Å². The van der Waals surface area contributed by atoms with Gasteiger partial charge in [-0.25, -0.2) is 0 Å². The van der Waals surface area contributed by atoms with Gasteiger partial charge in [0, 0.05) is 22.9 Å².